The van der Waals surface area contributed by atoms with Crippen molar-refractivity contribution in [2.45, 2.75) is 78.2 Å². The molecule has 24 heavy (non-hydrogen) atoms. The molecule has 1 unspecified atom stereocenters. The second-order valence-electron chi connectivity index (χ2n) is 8.29. The van der Waals surface area contributed by atoms with Crippen LogP contribution < -0.4 is 10.8 Å². The van der Waals surface area contributed by atoms with E-state index in [1.54, 1.807) is 0 Å². The van der Waals surface area contributed by atoms with Crippen LogP contribution in [0.2, 0.25) is 0 Å². The molecule has 0 aromatic carbocycles. The van der Waals surface area contributed by atoms with Gasteiger partial charge in [0, 0.05) is 10.4 Å². The smallest absolute Gasteiger partial charge is 0.441 e. The molecule has 0 bridgehead atoms. The van der Waals surface area contributed by atoms with Crippen LogP contribution >= 0.6 is 11.3 Å². The van der Waals surface area contributed by atoms with Crippen molar-refractivity contribution in [1.29, 1.82) is 0 Å². The standard InChI is InChI=1S/C17H28BNO4S/c1-11(21-14(20)19-15(2,3)4)13-9-12(10-24-13)18-22-16(5,6)17(7,8)23-18/h9-11H,1-8H3,(H,19,20). The third kappa shape index (κ3) is 4.32. The number of ether oxygens (including phenoxy) is 1. The van der Waals surface area contributed by atoms with E-state index in [2.05, 4.69) is 5.32 Å². The first-order chi connectivity index (χ1) is 10.8. The van der Waals surface area contributed by atoms with Crippen LogP contribution in [0.1, 0.15) is 66.4 Å². The van der Waals surface area contributed by atoms with Crippen LogP contribution in [0.5, 0.6) is 0 Å². The van der Waals surface area contributed by atoms with Gasteiger partial charge in [-0.1, -0.05) is 0 Å². The minimum Gasteiger partial charge on any atom is -0.441 e. The molecular formula is C17H28BNO4S. The molecule has 1 saturated heterocycles. The van der Waals surface area contributed by atoms with Crippen molar-refractivity contribution in [3.8, 4) is 0 Å². The van der Waals surface area contributed by atoms with Gasteiger partial charge < -0.3 is 19.4 Å². The topological polar surface area (TPSA) is 56.8 Å². The lowest BCUT2D eigenvalue weighted by Crippen LogP contribution is -2.41. The Morgan fingerprint density at radius 3 is 2.29 bits per heavy atom. The number of alkyl carbamates (subject to hydrolysis) is 1. The van der Waals surface area contributed by atoms with E-state index in [0.29, 0.717) is 0 Å². The zero-order chi connectivity index (χ0) is 18.3. The van der Waals surface area contributed by atoms with Crippen molar-refractivity contribution >= 4 is 30.0 Å². The summed E-state index contributed by atoms with van der Waals surface area (Å²) in [5.41, 5.74) is -0.0939. The molecule has 2 heterocycles. The summed E-state index contributed by atoms with van der Waals surface area (Å²) in [7, 11) is -0.393. The summed E-state index contributed by atoms with van der Waals surface area (Å²) in [4.78, 5) is 12.9. The van der Waals surface area contributed by atoms with E-state index in [4.69, 9.17) is 14.0 Å². The highest BCUT2D eigenvalue weighted by Gasteiger charge is 2.51. The summed E-state index contributed by atoms with van der Waals surface area (Å²) in [5.74, 6) is 0. The van der Waals surface area contributed by atoms with Gasteiger partial charge in [0.05, 0.1) is 11.2 Å². The highest BCUT2D eigenvalue weighted by atomic mass is 32.1. The molecular weight excluding hydrogens is 325 g/mol. The van der Waals surface area contributed by atoms with Crippen LogP contribution in [-0.2, 0) is 14.0 Å². The summed E-state index contributed by atoms with van der Waals surface area (Å²) >= 11 is 1.54. The van der Waals surface area contributed by atoms with Crippen LogP contribution in [-0.4, -0.2) is 30.0 Å². The fraction of sp³-hybridized carbons (Fsp3) is 0.706. The number of hydrogen-bond donors (Lipinski definition) is 1. The zero-order valence-electron chi connectivity index (χ0n) is 15.9. The van der Waals surface area contributed by atoms with E-state index in [1.807, 2.05) is 66.8 Å². The van der Waals surface area contributed by atoms with Gasteiger partial charge in [-0.3, -0.25) is 0 Å². The average molecular weight is 353 g/mol. The number of hydrogen-bond acceptors (Lipinski definition) is 5. The molecule has 1 atom stereocenters. The van der Waals surface area contributed by atoms with Crippen molar-refractivity contribution in [2.75, 3.05) is 0 Å². The van der Waals surface area contributed by atoms with Crippen molar-refractivity contribution < 1.29 is 18.8 Å². The Morgan fingerprint density at radius 1 is 1.25 bits per heavy atom. The molecule has 0 spiro atoms. The van der Waals surface area contributed by atoms with Crippen molar-refractivity contribution in [3.63, 3.8) is 0 Å². The van der Waals surface area contributed by atoms with E-state index in [-0.39, 0.29) is 22.8 Å². The molecule has 0 aliphatic carbocycles. The van der Waals surface area contributed by atoms with E-state index in [1.165, 1.54) is 11.3 Å². The molecule has 0 saturated carbocycles. The fourth-order valence-corrected chi connectivity index (χ4v) is 3.13. The Morgan fingerprint density at radius 2 is 1.79 bits per heavy atom. The van der Waals surface area contributed by atoms with Gasteiger partial charge in [0.15, 0.2) is 0 Å². The zero-order valence-corrected chi connectivity index (χ0v) is 16.7. The van der Waals surface area contributed by atoms with Crippen LogP contribution in [0.25, 0.3) is 0 Å². The monoisotopic (exact) mass is 353 g/mol. The van der Waals surface area contributed by atoms with Gasteiger partial charge in [-0.25, -0.2) is 4.79 Å². The first-order valence-electron chi connectivity index (χ1n) is 8.23. The highest BCUT2D eigenvalue weighted by molar-refractivity contribution is 7.11. The van der Waals surface area contributed by atoms with Crippen LogP contribution in [0.4, 0.5) is 4.79 Å². The normalized spacial score (nSPS) is 20.8. The first kappa shape index (κ1) is 19.3. The lowest BCUT2D eigenvalue weighted by Gasteiger charge is -2.32. The summed E-state index contributed by atoms with van der Waals surface area (Å²) in [6.07, 6.45) is -0.742. The summed E-state index contributed by atoms with van der Waals surface area (Å²) in [6, 6.07) is 1.99. The number of rotatable bonds is 3. The molecule has 1 aromatic rings. The van der Waals surface area contributed by atoms with Crippen LogP contribution in [0.3, 0.4) is 0 Å². The third-order valence-electron chi connectivity index (χ3n) is 4.33. The second-order valence-corrected chi connectivity index (χ2v) is 9.24. The van der Waals surface area contributed by atoms with Crippen LogP contribution in [0, 0.1) is 0 Å². The lowest BCUT2D eigenvalue weighted by molar-refractivity contribution is 0.00578. The lowest BCUT2D eigenvalue weighted by atomic mass is 9.81. The molecule has 1 aliphatic heterocycles. The Labute approximate surface area is 149 Å². The highest BCUT2D eigenvalue weighted by Crippen LogP contribution is 2.37. The molecule has 7 heteroatoms. The Kier molecular flexibility index (Phi) is 5.10. The number of thiophene rings is 1. The van der Waals surface area contributed by atoms with E-state index in [9.17, 15) is 4.79 Å². The number of amides is 1. The number of carbonyl (C=O) groups excluding carboxylic acids is 1. The van der Waals surface area contributed by atoms with Gasteiger partial charge in [-0.15, -0.1) is 11.3 Å². The largest absolute Gasteiger partial charge is 0.495 e. The number of carbonyl (C=O) groups is 1. The van der Waals surface area contributed by atoms with E-state index < -0.39 is 13.2 Å². The van der Waals surface area contributed by atoms with Gasteiger partial charge in [0.2, 0.25) is 0 Å². The predicted molar refractivity (Wildman–Crippen MR) is 97.8 cm³/mol. The van der Waals surface area contributed by atoms with Gasteiger partial charge in [0.25, 0.3) is 0 Å². The van der Waals surface area contributed by atoms with Crippen molar-refractivity contribution in [3.05, 3.63) is 16.3 Å². The van der Waals surface area contributed by atoms with Crippen molar-refractivity contribution in [1.82, 2.24) is 5.32 Å². The second kappa shape index (κ2) is 6.35. The van der Waals surface area contributed by atoms with Gasteiger partial charge >= 0.3 is 13.2 Å². The van der Waals surface area contributed by atoms with E-state index in [0.717, 1.165) is 10.3 Å². The molecule has 0 radical (unpaired) electrons. The van der Waals surface area contributed by atoms with Gasteiger partial charge in [-0.2, -0.15) is 0 Å². The molecule has 1 fully saturated rings. The third-order valence-corrected chi connectivity index (χ3v) is 5.44. The Balaban J connectivity index is 2.02. The molecule has 1 N–H and O–H groups in total. The number of nitrogens with one attached hydrogen (secondary N) is 1. The maximum absolute atomic E-state index is 11.9. The molecule has 134 valence electrons. The minimum absolute atomic E-state index is 0.319. The van der Waals surface area contributed by atoms with E-state index >= 15 is 0 Å². The van der Waals surface area contributed by atoms with Crippen molar-refractivity contribution in [2.24, 2.45) is 0 Å². The maximum Gasteiger partial charge on any atom is 0.495 e. The Bertz CT molecular complexity index is 590. The summed E-state index contributed by atoms with van der Waals surface area (Å²) < 4.78 is 17.6. The van der Waals surface area contributed by atoms with Gasteiger partial charge in [-0.05, 0) is 72.3 Å². The molecule has 1 amide bonds. The molecule has 1 aliphatic rings. The predicted octanol–water partition coefficient (Wildman–Crippen LogP) is 3.63. The molecule has 2 rings (SSSR count). The van der Waals surface area contributed by atoms with Gasteiger partial charge in [0.1, 0.15) is 6.10 Å². The summed E-state index contributed by atoms with van der Waals surface area (Å²) in [6.45, 7) is 15.7. The molecule has 1 aromatic heterocycles. The van der Waals surface area contributed by atoms with Crippen LogP contribution in [0.15, 0.2) is 11.4 Å². The quantitative estimate of drug-likeness (QED) is 0.843. The Hall–Kier alpha value is -1.05. The minimum atomic E-state index is -0.416. The summed E-state index contributed by atoms with van der Waals surface area (Å²) in [5, 5.41) is 4.80. The molecule has 5 nitrogen and oxygen atoms in total. The maximum atomic E-state index is 11.9. The average Bonchev–Trinajstić information content (AvgIpc) is 2.90. The first-order valence-corrected chi connectivity index (χ1v) is 9.11. The SMILES string of the molecule is CC(OC(=O)NC(C)(C)C)c1cc(B2OC(C)(C)C(C)(C)O2)cs1. The fourth-order valence-electron chi connectivity index (χ4n) is 2.24.